The largest absolute Gasteiger partial charge is 0.479 e. The summed E-state index contributed by atoms with van der Waals surface area (Å²) in [5.74, 6) is -1.36. The standard InChI is InChI=1S/C26H30N2O6/c29-24(28-34-16-25(30)31)14-13-17-7-1-6-12-23(17)27-26(32)33-15-22-20-10-4-2-8-18(20)19-9-3-5-11-21(19)22/h2-5,8-11,17,22-23H,1,6-7,12-16H2,(H,27,32)(H,28,29)(H,30,31). The van der Waals surface area contributed by atoms with Crippen LogP contribution in [0.1, 0.15) is 55.6 Å². The van der Waals surface area contributed by atoms with E-state index in [4.69, 9.17) is 9.84 Å². The minimum atomic E-state index is -1.15. The normalized spacial score (nSPS) is 19.1. The molecule has 0 aliphatic heterocycles. The molecule has 0 saturated heterocycles. The highest BCUT2D eigenvalue weighted by Crippen LogP contribution is 2.44. The average Bonchev–Trinajstić information content (AvgIpc) is 3.16. The Morgan fingerprint density at radius 1 is 0.941 bits per heavy atom. The molecule has 34 heavy (non-hydrogen) atoms. The Kier molecular flexibility index (Phi) is 7.80. The van der Waals surface area contributed by atoms with Crippen LogP contribution in [0.3, 0.4) is 0 Å². The van der Waals surface area contributed by atoms with Gasteiger partial charge < -0.3 is 15.2 Å². The quantitative estimate of drug-likeness (QED) is 0.482. The number of fused-ring (bicyclic) bond motifs is 3. The van der Waals surface area contributed by atoms with E-state index in [0.717, 1.165) is 25.7 Å². The molecule has 0 radical (unpaired) electrons. The lowest BCUT2D eigenvalue weighted by Crippen LogP contribution is -2.43. The molecule has 8 nitrogen and oxygen atoms in total. The summed E-state index contributed by atoms with van der Waals surface area (Å²) < 4.78 is 5.69. The van der Waals surface area contributed by atoms with Crippen LogP contribution in [0.5, 0.6) is 0 Å². The highest BCUT2D eigenvalue weighted by atomic mass is 16.7. The van der Waals surface area contributed by atoms with Crippen molar-refractivity contribution in [1.29, 1.82) is 0 Å². The van der Waals surface area contributed by atoms with E-state index in [1.54, 1.807) is 0 Å². The van der Waals surface area contributed by atoms with Gasteiger partial charge in [-0.2, -0.15) is 0 Å². The maximum absolute atomic E-state index is 12.7. The van der Waals surface area contributed by atoms with Gasteiger partial charge >= 0.3 is 12.1 Å². The molecule has 8 heteroatoms. The Hall–Kier alpha value is -3.39. The van der Waals surface area contributed by atoms with Crippen LogP contribution in [0.2, 0.25) is 0 Å². The summed E-state index contributed by atoms with van der Waals surface area (Å²) in [6.07, 6.45) is 4.16. The zero-order valence-electron chi connectivity index (χ0n) is 19.0. The summed E-state index contributed by atoms with van der Waals surface area (Å²) in [7, 11) is 0. The predicted molar refractivity (Wildman–Crippen MR) is 125 cm³/mol. The zero-order chi connectivity index (χ0) is 23.9. The summed E-state index contributed by atoms with van der Waals surface area (Å²) >= 11 is 0. The highest BCUT2D eigenvalue weighted by Gasteiger charge is 2.31. The summed E-state index contributed by atoms with van der Waals surface area (Å²) in [6.45, 7) is -0.318. The maximum Gasteiger partial charge on any atom is 0.407 e. The molecule has 2 atom stereocenters. The molecule has 0 spiro atoms. The van der Waals surface area contributed by atoms with Crippen molar-refractivity contribution < 1.29 is 29.1 Å². The number of alkyl carbamates (subject to hydrolysis) is 1. The topological polar surface area (TPSA) is 114 Å². The molecule has 2 aliphatic carbocycles. The van der Waals surface area contributed by atoms with E-state index >= 15 is 0 Å². The maximum atomic E-state index is 12.7. The van der Waals surface area contributed by atoms with Gasteiger partial charge in [-0.25, -0.2) is 15.1 Å². The van der Waals surface area contributed by atoms with Gasteiger partial charge in [-0.15, -0.1) is 0 Å². The third-order valence-corrected chi connectivity index (χ3v) is 6.68. The van der Waals surface area contributed by atoms with Gasteiger partial charge in [-0.1, -0.05) is 61.4 Å². The Bertz CT molecular complexity index is 994. The summed E-state index contributed by atoms with van der Waals surface area (Å²) in [5.41, 5.74) is 6.85. The number of nitrogens with one attached hydrogen (secondary N) is 2. The van der Waals surface area contributed by atoms with E-state index < -0.39 is 18.7 Å². The third kappa shape index (κ3) is 5.75. The lowest BCUT2D eigenvalue weighted by Gasteiger charge is -2.32. The number of carboxylic acids is 1. The van der Waals surface area contributed by atoms with Crippen molar-refractivity contribution in [2.75, 3.05) is 13.2 Å². The van der Waals surface area contributed by atoms with Crippen molar-refractivity contribution in [2.45, 2.75) is 50.5 Å². The Labute approximate surface area is 198 Å². The number of aliphatic carboxylic acids is 1. The molecule has 3 N–H and O–H groups in total. The van der Waals surface area contributed by atoms with Crippen LogP contribution in [0.4, 0.5) is 4.79 Å². The zero-order valence-corrected chi connectivity index (χ0v) is 19.0. The Balaban J connectivity index is 1.29. The monoisotopic (exact) mass is 466 g/mol. The van der Waals surface area contributed by atoms with Gasteiger partial charge in [0.1, 0.15) is 6.61 Å². The van der Waals surface area contributed by atoms with Crippen molar-refractivity contribution in [3.8, 4) is 11.1 Å². The SMILES string of the molecule is O=C(O)CONC(=O)CCC1CCCCC1NC(=O)OCC1c2ccccc2-c2ccccc21. The number of carbonyl (C=O) groups is 3. The summed E-state index contributed by atoms with van der Waals surface area (Å²) in [6, 6.07) is 16.4. The van der Waals surface area contributed by atoms with Gasteiger partial charge in [0.05, 0.1) is 0 Å². The minimum absolute atomic E-state index is 0.00908. The highest BCUT2D eigenvalue weighted by molar-refractivity contribution is 5.79. The molecule has 4 rings (SSSR count). The molecule has 180 valence electrons. The van der Waals surface area contributed by atoms with E-state index in [9.17, 15) is 14.4 Å². The number of carboxylic acid groups (broad SMARTS) is 1. The average molecular weight is 467 g/mol. The van der Waals surface area contributed by atoms with Crippen LogP contribution in [-0.4, -0.2) is 42.3 Å². The van der Waals surface area contributed by atoms with Crippen LogP contribution < -0.4 is 10.8 Å². The van der Waals surface area contributed by atoms with E-state index in [-0.39, 0.29) is 36.8 Å². The first-order valence-electron chi connectivity index (χ1n) is 11.8. The summed E-state index contributed by atoms with van der Waals surface area (Å²) in [4.78, 5) is 39.7. The van der Waals surface area contributed by atoms with Crippen molar-refractivity contribution in [2.24, 2.45) is 5.92 Å². The molecule has 1 saturated carbocycles. The van der Waals surface area contributed by atoms with E-state index in [1.807, 2.05) is 24.3 Å². The molecule has 2 unspecified atom stereocenters. The van der Waals surface area contributed by atoms with Gasteiger partial charge in [0.25, 0.3) is 0 Å². The smallest absolute Gasteiger partial charge is 0.407 e. The van der Waals surface area contributed by atoms with Gasteiger partial charge in [0, 0.05) is 18.4 Å². The fraction of sp³-hybridized carbons (Fsp3) is 0.423. The molecule has 2 aromatic carbocycles. The van der Waals surface area contributed by atoms with Gasteiger partial charge in [0.2, 0.25) is 5.91 Å². The lowest BCUT2D eigenvalue weighted by molar-refractivity contribution is -0.149. The van der Waals surface area contributed by atoms with Crippen LogP contribution in [0, 0.1) is 5.92 Å². The first-order valence-corrected chi connectivity index (χ1v) is 11.8. The number of hydrogen-bond acceptors (Lipinski definition) is 5. The second kappa shape index (κ2) is 11.2. The number of ether oxygens (including phenoxy) is 1. The number of hydroxylamine groups is 1. The van der Waals surface area contributed by atoms with Crippen molar-refractivity contribution in [1.82, 2.24) is 10.8 Å². The minimum Gasteiger partial charge on any atom is -0.479 e. The second-order valence-corrected chi connectivity index (χ2v) is 8.87. The number of carbonyl (C=O) groups excluding carboxylic acids is 2. The molecule has 2 amide bonds. The van der Waals surface area contributed by atoms with Crippen LogP contribution in [0.15, 0.2) is 48.5 Å². The molecule has 2 aliphatic rings. The fourth-order valence-corrected chi connectivity index (χ4v) is 5.08. The Morgan fingerprint density at radius 3 is 2.26 bits per heavy atom. The predicted octanol–water partition coefficient (Wildman–Crippen LogP) is 4.00. The van der Waals surface area contributed by atoms with Crippen molar-refractivity contribution >= 4 is 18.0 Å². The number of benzene rings is 2. The molecular weight excluding hydrogens is 436 g/mol. The first kappa shape index (κ1) is 23.8. The van der Waals surface area contributed by atoms with E-state index in [0.29, 0.717) is 6.42 Å². The van der Waals surface area contributed by atoms with Gasteiger partial charge in [-0.3, -0.25) is 9.63 Å². The van der Waals surface area contributed by atoms with Crippen LogP contribution in [-0.2, 0) is 19.2 Å². The first-order chi connectivity index (χ1) is 16.5. The van der Waals surface area contributed by atoms with Gasteiger partial charge in [-0.05, 0) is 47.4 Å². The van der Waals surface area contributed by atoms with Gasteiger partial charge in [0.15, 0.2) is 6.61 Å². The molecule has 0 aromatic heterocycles. The van der Waals surface area contributed by atoms with Crippen LogP contribution >= 0.6 is 0 Å². The molecular formula is C26H30N2O6. The summed E-state index contributed by atoms with van der Waals surface area (Å²) in [5, 5.41) is 11.6. The van der Waals surface area contributed by atoms with E-state index in [1.165, 1.54) is 22.3 Å². The van der Waals surface area contributed by atoms with Crippen molar-refractivity contribution in [3.05, 3.63) is 59.7 Å². The molecule has 1 fully saturated rings. The molecule has 2 aromatic rings. The fourth-order valence-electron chi connectivity index (χ4n) is 5.08. The number of hydrogen-bond donors (Lipinski definition) is 3. The Morgan fingerprint density at radius 2 is 1.59 bits per heavy atom. The second-order valence-electron chi connectivity index (χ2n) is 8.87. The van der Waals surface area contributed by atoms with E-state index in [2.05, 4.69) is 39.9 Å². The van der Waals surface area contributed by atoms with Crippen molar-refractivity contribution in [3.63, 3.8) is 0 Å². The number of rotatable bonds is 9. The third-order valence-electron chi connectivity index (χ3n) is 6.68. The molecule has 0 bridgehead atoms. The lowest BCUT2D eigenvalue weighted by atomic mass is 9.81. The molecule has 0 heterocycles. The van der Waals surface area contributed by atoms with Crippen LogP contribution in [0.25, 0.3) is 11.1 Å². The number of amides is 2.